The molecular weight excluding hydrogens is 240 g/mol. The van der Waals surface area contributed by atoms with E-state index in [0.29, 0.717) is 0 Å². The summed E-state index contributed by atoms with van der Waals surface area (Å²) in [7, 11) is 2.15. The van der Waals surface area contributed by atoms with Gasteiger partial charge in [0, 0.05) is 39.3 Å². The van der Waals surface area contributed by atoms with E-state index in [1.165, 1.54) is 6.42 Å². The quantitative estimate of drug-likeness (QED) is 0.754. The number of rotatable bonds is 4. The molecule has 1 saturated carbocycles. The second kappa shape index (κ2) is 6.68. The first-order chi connectivity index (χ1) is 9.10. The maximum Gasteiger partial charge on any atom is 0.240 e. The van der Waals surface area contributed by atoms with E-state index in [-0.39, 0.29) is 5.91 Å². The van der Waals surface area contributed by atoms with Crippen molar-refractivity contribution in [3.63, 3.8) is 0 Å². The van der Waals surface area contributed by atoms with Crippen LogP contribution in [-0.2, 0) is 4.79 Å². The van der Waals surface area contributed by atoms with Gasteiger partial charge in [0.05, 0.1) is 5.54 Å². The molecule has 1 saturated heterocycles. The van der Waals surface area contributed by atoms with Gasteiger partial charge in [-0.3, -0.25) is 9.69 Å². The van der Waals surface area contributed by atoms with Crippen LogP contribution in [0.3, 0.4) is 0 Å². The van der Waals surface area contributed by atoms with Crippen LogP contribution in [0, 0.1) is 0 Å². The molecule has 2 fully saturated rings. The summed E-state index contributed by atoms with van der Waals surface area (Å²) < 4.78 is 0. The predicted octanol–water partition coefficient (Wildman–Crippen LogP) is 0.0116. The Bertz CT molecular complexity index is 294. The molecule has 0 aromatic rings. The zero-order valence-electron chi connectivity index (χ0n) is 12.2. The van der Waals surface area contributed by atoms with Crippen molar-refractivity contribution in [2.75, 3.05) is 46.3 Å². The number of nitrogens with one attached hydrogen (secondary N) is 1. The highest BCUT2D eigenvalue weighted by Crippen LogP contribution is 2.25. The standard InChI is InChI=1S/C14H28N4O/c1-17-9-11-18(12-10-17)8-7-16-13(19)14(15)5-3-2-4-6-14/h2-12,15H2,1H3,(H,16,19). The zero-order valence-corrected chi connectivity index (χ0v) is 12.2. The van der Waals surface area contributed by atoms with Gasteiger partial charge in [-0.2, -0.15) is 0 Å². The van der Waals surface area contributed by atoms with E-state index in [4.69, 9.17) is 5.73 Å². The first-order valence-corrected chi connectivity index (χ1v) is 7.58. The van der Waals surface area contributed by atoms with Gasteiger partial charge < -0.3 is 16.0 Å². The number of hydrogen-bond acceptors (Lipinski definition) is 4. The predicted molar refractivity (Wildman–Crippen MR) is 77.0 cm³/mol. The molecule has 110 valence electrons. The van der Waals surface area contributed by atoms with Gasteiger partial charge >= 0.3 is 0 Å². The minimum Gasteiger partial charge on any atom is -0.353 e. The summed E-state index contributed by atoms with van der Waals surface area (Å²) in [6.45, 7) is 6.10. The van der Waals surface area contributed by atoms with Crippen molar-refractivity contribution in [2.24, 2.45) is 5.73 Å². The van der Waals surface area contributed by atoms with Gasteiger partial charge in [-0.15, -0.1) is 0 Å². The molecule has 0 atom stereocenters. The molecule has 0 bridgehead atoms. The monoisotopic (exact) mass is 268 g/mol. The first-order valence-electron chi connectivity index (χ1n) is 7.58. The summed E-state index contributed by atoms with van der Waals surface area (Å²) >= 11 is 0. The first kappa shape index (κ1) is 14.8. The van der Waals surface area contributed by atoms with E-state index in [1.54, 1.807) is 0 Å². The average Bonchev–Trinajstić information content (AvgIpc) is 2.42. The van der Waals surface area contributed by atoms with E-state index in [0.717, 1.165) is 65.0 Å². The number of piperazine rings is 1. The Morgan fingerprint density at radius 3 is 2.42 bits per heavy atom. The van der Waals surface area contributed by atoms with Gasteiger partial charge in [0.2, 0.25) is 5.91 Å². The van der Waals surface area contributed by atoms with Crippen molar-refractivity contribution in [3.05, 3.63) is 0 Å². The molecule has 0 unspecified atom stereocenters. The molecule has 3 N–H and O–H groups in total. The zero-order chi connectivity index (χ0) is 13.7. The van der Waals surface area contributed by atoms with Gasteiger partial charge in [-0.05, 0) is 19.9 Å². The highest BCUT2D eigenvalue weighted by Gasteiger charge is 2.34. The molecule has 1 amide bonds. The third kappa shape index (κ3) is 4.16. The van der Waals surface area contributed by atoms with Gasteiger partial charge in [0.1, 0.15) is 0 Å². The molecule has 0 aromatic heterocycles. The second-order valence-corrected chi connectivity index (χ2v) is 6.12. The minimum absolute atomic E-state index is 0.0568. The van der Waals surface area contributed by atoms with Gasteiger partial charge in [0.15, 0.2) is 0 Å². The third-order valence-corrected chi connectivity index (χ3v) is 4.51. The Kier molecular flexibility index (Phi) is 5.19. The molecule has 2 rings (SSSR count). The van der Waals surface area contributed by atoms with Crippen LogP contribution in [0.5, 0.6) is 0 Å². The number of carbonyl (C=O) groups excluding carboxylic acids is 1. The van der Waals surface area contributed by atoms with Gasteiger partial charge in [0.25, 0.3) is 0 Å². The Morgan fingerprint density at radius 1 is 1.16 bits per heavy atom. The topological polar surface area (TPSA) is 61.6 Å². The molecule has 5 heteroatoms. The van der Waals surface area contributed by atoms with Gasteiger partial charge in [-0.1, -0.05) is 19.3 Å². The van der Waals surface area contributed by atoms with E-state index in [1.807, 2.05) is 0 Å². The van der Waals surface area contributed by atoms with E-state index in [9.17, 15) is 4.79 Å². The number of likely N-dealkylation sites (N-methyl/N-ethyl adjacent to an activating group) is 1. The highest BCUT2D eigenvalue weighted by atomic mass is 16.2. The number of amides is 1. The Hall–Kier alpha value is -0.650. The molecule has 0 spiro atoms. The van der Waals surface area contributed by atoms with Crippen molar-refractivity contribution in [1.29, 1.82) is 0 Å². The molecule has 1 aliphatic heterocycles. The molecule has 19 heavy (non-hydrogen) atoms. The maximum absolute atomic E-state index is 12.2. The lowest BCUT2D eigenvalue weighted by molar-refractivity contribution is -0.127. The van der Waals surface area contributed by atoms with Crippen LogP contribution in [-0.4, -0.2) is 67.6 Å². The summed E-state index contributed by atoms with van der Waals surface area (Å²) in [4.78, 5) is 16.9. The molecule has 2 aliphatic rings. The molecule has 1 heterocycles. The van der Waals surface area contributed by atoms with Crippen molar-refractivity contribution in [2.45, 2.75) is 37.6 Å². The largest absolute Gasteiger partial charge is 0.353 e. The third-order valence-electron chi connectivity index (χ3n) is 4.51. The Balaban J connectivity index is 1.66. The van der Waals surface area contributed by atoms with Crippen molar-refractivity contribution >= 4 is 5.91 Å². The number of nitrogens with two attached hydrogens (primary N) is 1. The Morgan fingerprint density at radius 2 is 1.79 bits per heavy atom. The highest BCUT2D eigenvalue weighted by molar-refractivity contribution is 5.86. The lowest BCUT2D eigenvalue weighted by Gasteiger charge is -2.34. The summed E-state index contributed by atoms with van der Waals surface area (Å²) in [6, 6.07) is 0. The molecule has 5 nitrogen and oxygen atoms in total. The fourth-order valence-electron chi connectivity index (χ4n) is 2.98. The van der Waals surface area contributed by atoms with Crippen LogP contribution in [0.4, 0.5) is 0 Å². The fraction of sp³-hybridized carbons (Fsp3) is 0.929. The lowest BCUT2D eigenvalue weighted by atomic mass is 9.82. The summed E-state index contributed by atoms with van der Waals surface area (Å²) in [6.07, 6.45) is 5.07. The Labute approximate surface area is 116 Å². The van der Waals surface area contributed by atoms with Crippen molar-refractivity contribution < 1.29 is 4.79 Å². The smallest absolute Gasteiger partial charge is 0.240 e. The van der Waals surface area contributed by atoms with E-state index < -0.39 is 5.54 Å². The fourth-order valence-corrected chi connectivity index (χ4v) is 2.98. The average molecular weight is 268 g/mol. The van der Waals surface area contributed by atoms with Crippen LogP contribution in [0.25, 0.3) is 0 Å². The SMILES string of the molecule is CN1CCN(CCNC(=O)C2(N)CCCCC2)CC1. The molecule has 0 aromatic carbocycles. The van der Waals surface area contributed by atoms with Crippen LogP contribution in [0.15, 0.2) is 0 Å². The van der Waals surface area contributed by atoms with Crippen LogP contribution < -0.4 is 11.1 Å². The van der Waals surface area contributed by atoms with Gasteiger partial charge in [-0.25, -0.2) is 0 Å². The molecular formula is C14H28N4O. The van der Waals surface area contributed by atoms with Crippen LogP contribution >= 0.6 is 0 Å². The minimum atomic E-state index is -0.597. The van der Waals surface area contributed by atoms with E-state index >= 15 is 0 Å². The summed E-state index contributed by atoms with van der Waals surface area (Å²) in [5.41, 5.74) is 5.61. The van der Waals surface area contributed by atoms with Crippen molar-refractivity contribution in [1.82, 2.24) is 15.1 Å². The lowest BCUT2D eigenvalue weighted by Crippen LogP contribution is -2.56. The van der Waals surface area contributed by atoms with Crippen LogP contribution in [0.1, 0.15) is 32.1 Å². The summed E-state index contributed by atoms with van der Waals surface area (Å²) in [5.74, 6) is 0.0568. The normalized spacial score (nSPS) is 25.2. The number of nitrogens with zero attached hydrogens (tertiary/aromatic N) is 2. The molecule has 1 aliphatic carbocycles. The van der Waals surface area contributed by atoms with E-state index in [2.05, 4.69) is 22.2 Å². The summed E-state index contributed by atoms with van der Waals surface area (Å²) in [5, 5.41) is 3.03. The number of hydrogen-bond donors (Lipinski definition) is 2. The maximum atomic E-state index is 12.2. The molecule has 0 radical (unpaired) electrons. The second-order valence-electron chi connectivity index (χ2n) is 6.12. The van der Waals surface area contributed by atoms with Crippen molar-refractivity contribution in [3.8, 4) is 0 Å². The van der Waals surface area contributed by atoms with Crippen LogP contribution in [0.2, 0.25) is 0 Å². The number of carbonyl (C=O) groups is 1.